The summed E-state index contributed by atoms with van der Waals surface area (Å²) >= 11 is 7.56. The molecular weight excluding hydrogens is 218 g/mol. The van der Waals surface area contributed by atoms with Gasteiger partial charge in [-0.2, -0.15) is 0 Å². The fourth-order valence-electron chi connectivity index (χ4n) is 1.10. The van der Waals surface area contributed by atoms with E-state index in [1.54, 1.807) is 11.8 Å². The summed E-state index contributed by atoms with van der Waals surface area (Å²) in [6.07, 6.45) is 0.803. The second-order valence-corrected chi connectivity index (χ2v) is 4.45. The molecule has 0 amide bonds. The van der Waals surface area contributed by atoms with Crippen LogP contribution in [0.5, 0.6) is 0 Å². The zero-order valence-electron chi connectivity index (χ0n) is 7.87. The molecule has 0 aliphatic heterocycles. The Hall–Kier alpha value is -0.220. The summed E-state index contributed by atoms with van der Waals surface area (Å²) < 4.78 is 0. The van der Waals surface area contributed by atoms with Gasteiger partial charge in [0.15, 0.2) is 0 Å². The van der Waals surface area contributed by atoms with Crippen molar-refractivity contribution in [2.75, 3.05) is 12.4 Å². The number of benzene rings is 1. The first-order chi connectivity index (χ1) is 6.77. The third-order valence-corrected chi connectivity index (χ3v) is 3.24. The molecule has 0 unspecified atom stereocenters. The molecule has 0 spiro atoms. The Morgan fingerprint density at radius 2 is 2.21 bits per heavy atom. The fourth-order valence-corrected chi connectivity index (χ4v) is 2.27. The molecule has 0 aliphatic rings. The van der Waals surface area contributed by atoms with Crippen LogP contribution < -0.4 is 5.73 Å². The Kier molecular flexibility index (Phi) is 5.33. The van der Waals surface area contributed by atoms with Gasteiger partial charge in [0.1, 0.15) is 0 Å². The van der Waals surface area contributed by atoms with Crippen molar-refractivity contribution < 1.29 is 5.11 Å². The van der Waals surface area contributed by atoms with Gasteiger partial charge in [-0.05, 0) is 30.2 Å². The third-order valence-electron chi connectivity index (χ3n) is 1.80. The summed E-state index contributed by atoms with van der Waals surface area (Å²) in [6, 6.07) is 5.73. The molecule has 14 heavy (non-hydrogen) atoms. The normalized spacial score (nSPS) is 10.5. The Bertz CT molecular complexity index is 293. The van der Waals surface area contributed by atoms with Crippen LogP contribution >= 0.6 is 23.4 Å². The van der Waals surface area contributed by atoms with Crippen molar-refractivity contribution >= 4 is 23.4 Å². The van der Waals surface area contributed by atoms with Gasteiger partial charge < -0.3 is 10.8 Å². The summed E-state index contributed by atoms with van der Waals surface area (Å²) in [5.74, 6) is 0.908. The number of halogens is 1. The quantitative estimate of drug-likeness (QED) is 0.604. The van der Waals surface area contributed by atoms with Crippen LogP contribution in [0.2, 0.25) is 5.02 Å². The Morgan fingerprint density at radius 1 is 1.43 bits per heavy atom. The highest BCUT2D eigenvalue weighted by Crippen LogP contribution is 2.25. The first-order valence-electron chi connectivity index (χ1n) is 4.50. The molecule has 0 saturated carbocycles. The molecule has 1 rings (SSSR count). The predicted octanol–water partition coefficient (Wildman–Crippen LogP) is 2.27. The summed E-state index contributed by atoms with van der Waals surface area (Å²) in [5, 5.41) is 9.38. The van der Waals surface area contributed by atoms with Crippen molar-refractivity contribution in [1.82, 2.24) is 0 Å². The van der Waals surface area contributed by atoms with E-state index in [2.05, 4.69) is 0 Å². The number of aliphatic hydroxyl groups excluding tert-OH is 1. The molecule has 3 N–H and O–H groups in total. The highest BCUT2D eigenvalue weighted by atomic mass is 35.5. The van der Waals surface area contributed by atoms with Crippen molar-refractivity contribution in [2.45, 2.75) is 17.9 Å². The number of nitrogens with two attached hydrogens (primary N) is 1. The van der Waals surface area contributed by atoms with Crippen molar-refractivity contribution in [3.05, 3.63) is 28.8 Å². The average Bonchev–Trinajstić information content (AvgIpc) is 2.20. The van der Waals surface area contributed by atoms with Gasteiger partial charge in [-0.3, -0.25) is 0 Å². The van der Waals surface area contributed by atoms with Crippen LogP contribution in [0.25, 0.3) is 0 Å². The van der Waals surface area contributed by atoms with Crippen molar-refractivity contribution in [1.29, 1.82) is 0 Å². The molecule has 0 saturated heterocycles. The largest absolute Gasteiger partial charge is 0.396 e. The van der Waals surface area contributed by atoms with E-state index in [0.29, 0.717) is 6.54 Å². The molecule has 0 atom stereocenters. The van der Waals surface area contributed by atoms with E-state index in [-0.39, 0.29) is 6.61 Å². The molecule has 0 heterocycles. The minimum atomic E-state index is 0.235. The number of hydrogen-bond donors (Lipinski definition) is 2. The molecule has 0 aliphatic carbocycles. The monoisotopic (exact) mass is 231 g/mol. The molecule has 2 nitrogen and oxygen atoms in total. The third kappa shape index (κ3) is 3.50. The average molecular weight is 232 g/mol. The molecule has 0 bridgehead atoms. The Morgan fingerprint density at radius 3 is 2.86 bits per heavy atom. The van der Waals surface area contributed by atoms with Crippen molar-refractivity contribution in [3.8, 4) is 0 Å². The van der Waals surface area contributed by atoms with Crippen LogP contribution in [0.3, 0.4) is 0 Å². The maximum atomic E-state index is 8.66. The van der Waals surface area contributed by atoms with Gasteiger partial charge in [-0.15, -0.1) is 11.8 Å². The minimum Gasteiger partial charge on any atom is -0.396 e. The van der Waals surface area contributed by atoms with Gasteiger partial charge in [0.25, 0.3) is 0 Å². The number of rotatable bonds is 5. The molecule has 4 heteroatoms. The SMILES string of the molecule is NCc1cc(Cl)ccc1SCCCO. The van der Waals surface area contributed by atoms with Crippen LogP contribution in [0, 0.1) is 0 Å². The standard InChI is InChI=1S/C10H14ClNOS/c11-9-2-3-10(8(6-9)7-12)14-5-1-4-13/h2-3,6,13H,1,4-5,7,12H2. The van der Waals surface area contributed by atoms with E-state index >= 15 is 0 Å². The van der Waals surface area contributed by atoms with Crippen LogP contribution in [-0.4, -0.2) is 17.5 Å². The second kappa shape index (κ2) is 6.30. The van der Waals surface area contributed by atoms with E-state index < -0.39 is 0 Å². The van der Waals surface area contributed by atoms with E-state index in [4.69, 9.17) is 22.4 Å². The summed E-state index contributed by atoms with van der Waals surface area (Å²) in [6.45, 7) is 0.737. The second-order valence-electron chi connectivity index (χ2n) is 2.88. The fraction of sp³-hybridized carbons (Fsp3) is 0.400. The lowest BCUT2D eigenvalue weighted by atomic mass is 10.2. The van der Waals surface area contributed by atoms with E-state index in [1.807, 2.05) is 18.2 Å². The number of aliphatic hydroxyl groups is 1. The maximum Gasteiger partial charge on any atom is 0.0439 e. The Labute approximate surface area is 93.5 Å². The molecule has 1 aromatic rings. The van der Waals surface area contributed by atoms with Crippen LogP contribution in [0.4, 0.5) is 0 Å². The van der Waals surface area contributed by atoms with Gasteiger partial charge in [-0.1, -0.05) is 11.6 Å². The molecule has 0 radical (unpaired) electrons. The van der Waals surface area contributed by atoms with Crippen LogP contribution in [0.15, 0.2) is 23.1 Å². The van der Waals surface area contributed by atoms with Crippen molar-refractivity contribution in [2.24, 2.45) is 5.73 Å². The van der Waals surface area contributed by atoms with Crippen LogP contribution in [0.1, 0.15) is 12.0 Å². The molecule has 1 aromatic carbocycles. The number of hydrogen-bond acceptors (Lipinski definition) is 3. The smallest absolute Gasteiger partial charge is 0.0439 e. The van der Waals surface area contributed by atoms with Gasteiger partial charge in [0.05, 0.1) is 0 Å². The van der Waals surface area contributed by atoms with E-state index in [0.717, 1.165) is 27.7 Å². The highest BCUT2D eigenvalue weighted by Gasteiger charge is 2.02. The summed E-state index contributed by atoms with van der Waals surface area (Å²) in [5.41, 5.74) is 6.67. The first kappa shape index (κ1) is 11.9. The van der Waals surface area contributed by atoms with E-state index in [9.17, 15) is 0 Å². The lowest BCUT2D eigenvalue weighted by Gasteiger charge is -2.07. The lowest BCUT2D eigenvalue weighted by molar-refractivity contribution is 0.296. The summed E-state index contributed by atoms with van der Waals surface area (Å²) in [4.78, 5) is 1.16. The molecule has 0 aromatic heterocycles. The van der Waals surface area contributed by atoms with Gasteiger partial charge in [-0.25, -0.2) is 0 Å². The predicted molar refractivity (Wildman–Crippen MR) is 61.8 cm³/mol. The molecule has 78 valence electrons. The zero-order valence-corrected chi connectivity index (χ0v) is 9.44. The van der Waals surface area contributed by atoms with Crippen molar-refractivity contribution in [3.63, 3.8) is 0 Å². The van der Waals surface area contributed by atoms with Gasteiger partial charge in [0, 0.05) is 28.8 Å². The van der Waals surface area contributed by atoms with E-state index in [1.165, 1.54) is 0 Å². The van der Waals surface area contributed by atoms with Gasteiger partial charge in [0.2, 0.25) is 0 Å². The molecular formula is C10H14ClNOS. The summed E-state index contributed by atoms with van der Waals surface area (Å²) in [7, 11) is 0. The minimum absolute atomic E-state index is 0.235. The highest BCUT2D eigenvalue weighted by molar-refractivity contribution is 7.99. The maximum absolute atomic E-state index is 8.66. The molecule has 0 fully saturated rings. The number of thioether (sulfide) groups is 1. The van der Waals surface area contributed by atoms with Crippen LogP contribution in [-0.2, 0) is 6.54 Å². The topological polar surface area (TPSA) is 46.2 Å². The first-order valence-corrected chi connectivity index (χ1v) is 5.86. The lowest BCUT2D eigenvalue weighted by Crippen LogP contribution is -1.98. The van der Waals surface area contributed by atoms with Gasteiger partial charge >= 0.3 is 0 Å². The Balaban J connectivity index is 2.65. The zero-order chi connectivity index (χ0) is 10.4.